The van der Waals surface area contributed by atoms with Crippen LogP contribution in [0.25, 0.3) is 67.4 Å². The Morgan fingerprint density at radius 1 is 0.281 bits per heavy atom. The van der Waals surface area contributed by atoms with Crippen LogP contribution in [0, 0.1) is 0 Å². The van der Waals surface area contributed by atoms with Gasteiger partial charge < -0.3 is 18.9 Å². The molecule has 0 amide bonds. The number of benzene rings is 8. The second-order valence-corrected chi connectivity index (χ2v) is 19.0. The van der Waals surface area contributed by atoms with Gasteiger partial charge in [0.1, 0.15) is 45.4 Å². The predicted molar refractivity (Wildman–Crippen MR) is 271 cm³/mol. The zero-order valence-electron chi connectivity index (χ0n) is 38.1. The Kier molecular flexibility index (Phi) is 11.0. The first kappa shape index (κ1) is 42.3. The maximum atomic E-state index is 6.05. The molecule has 0 atom stereocenters. The minimum atomic E-state index is -0.211. The molecular weight excluding hydrogens is 785 g/mol. The molecule has 4 aliphatic heterocycles. The van der Waals surface area contributed by atoms with Crippen LogP contribution < -0.4 is 18.9 Å². The fourth-order valence-electron chi connectivity index (χ4n) is 8.46. The van der Waals surface area contributed by atoms with Gasteiger partial charge in [0.15, 0.2) is 0 Å². The van der Waals surface area contributed by atoms with Crippen molar-refractivity contribution in [1.82, 2.24) is 0 Å². The average Bonchev–Trinajstić information content (AvgIpc) is 3.28. The number of hydrogen-bond acceptors (Lipinski definition) is 4. The highest BCUT2D eigenvalue weighted by atomic mass is 16.5. The van der Waals surface area contributed by atoms with Crippen LogP contribution in [0.5, 0.6) is 23.0 Å². The highest BCUT2D eigenvalue weighted by Gasteiger charge is 2.26. The molecule has 12 rings (SSSR count). The van der Waals surface area contributed by atoms with Gasteiger partial charge in [-0.3, -0.25) is 0 Å². The van der Waals surface area contributed by atoms with Gasteiger partial charge in [-0.15, -0.1) is 0 Å². The van der Waals surface area contributed by atoms with Crippen molar-refractivity contribution in [3.05, 3.63) is 192 Å². The van der Waals surface area contributed by atoms with Crippen molar-refractivity contribution in [1.29, 1.82) is 0 Å². The molecule has 0 N–H and O–H groups in total. The van der Waals surface area contributed by atoms with Gasteiger partial charge in [-0.2, -0.15) is 0 Å². The van der Waals surface area contributed by atoms with E-state index < -0.39 is 0 Å². The van der Waals surface area contributed by atoms with Crippen LogP contribution in [0.2, 0.25) is 0 Å². The van der Waals surface area contributed by atoms with E-state index in [4.69, 9.17) is 18.9 Å². The van der Waals surface area contributed by atoms with Crippen molar-refractivity contribution >= 4 is 67.4 Å². The molecule has 8 aromatic carbocycles. The summed E-state index contributed by atoms with van der Waals surface area (Å²) in [7, 11) is 0. The van der Waals surface area contributed by atoms with Crippen molar-refractivity contribution in [2.24, 2.45) is 0 Å². The van der Waals surface area contributed by atoms with E-state index in [9.17, 15) is 0 Å². The van der Waals surface area contributed by atoms with E-state index in [1.807, 2.05) is 0 Å². The Morgan fingerprint density at radius 2 is 0.578 bits per heavy atom. The molecule has 0 saturated carbocycles. The largest absolute Gasteiger partial charge is 0.483 e. The summed E-state index contributed by atoms with van der Waals surface area (Å²) in [5, 5.41) is 9.87. The maximum Gasteiger partial charge on any atom is 0.135 e. The van der Waals surface area contributed by atoms with E-state index in [0.717, 1.165) is 34.1 Å². The van der Waals surface area contributed by atoms with E-state index in [2.05, 4.69) is 250 Å². The fraction of sp³-hybridized carbons (Fsp3) is 0.200. The summed E-state index contributed by atoms with van der Waals surface area (Å²) in [6.45, 7) is 16.6. The second-order valence-electron chi connectivity index (χ2n) is 19.0. The van der Waals surface area contributed by atoms with Crippen LogP contribution in [0.1, 0.15) is 77.6 Å². The summed E-state index contributed by atoms with van der Waals surface area (Å²) in [5.41, 5.74) is 3.89. The molecule has 0 saturated heterocycles. The first-order chi connectivity index (χ1) is 30.6. The first-order valence-electron chi connectivity index (χ1n) is 22.2. The van der Waals surface area contributed by atoms with E-state index >= 15 is 0 Å². The summed E-state index contributed by atoms with van der Waals surface area (Å²) in [4.78, 5) is 0. The monoisotopic (exact) mass is 840 g/mol. The summed E-state index contributed by atoms with van der Waals surface area (Å²) >= 11 is 0. The molecule has 4 aliphatic rings. The molecule has 0 unspecified atom stereocenters. The van der Waals surface area contributed by atoms with E-state index in [1.165, 1.54) is 54.2 Å². The lowest BCUT2D eigenvalue weighted by molar-refractivity contribution is 0.159. The highest BCUT2D eigenvalue weighted by molar-refractivity contribution is 5.96. The third-order valence-electron chi connectivity index (χ3n) is 11.8. The average molecular weight is 841 g/mol. The molecule has 64 heavy (non-hydrogen) atoms. The number of hydrogen-bond donors (Lipinski definition) is 0. The van der Waals surface area contributed by atoms with Crippen LogP contribution >= 0.6 is 0 Å². The van der Waals surface area contributed by atoms with Crippen molar-refractivity contribution < 1.29 is 18.9 Å². The van der Waals surface area contributed by atoms with Crippen molar-refractivity contribution in [2.75, 3.05) is 0 Å². The first-order valence-corrected chi connectivity index (χ1v) is 22.2. The second kappa shape index (κ2) is 16.6. The molecule has 4 heteroatoms. The number of ether oxygens (including phenoxy) is 4. The Labute approximate surface area is 377 Å². The zero-order valence-corrected chi connectivity index (χ0v) is 38.1. The van der Waals surface area contributed by atoms with E-state index in [-0.39, 0.29) is 22.4 Å². The van der Waals surface area contributed by atoms with Gasteiger partial charge >= 0.3 is 0 Å². The molecule has 4 heterocycles. The lowest BCUT2D eigenvalue weighted by atomic mass is 9.97. The lowest BCUT2D eigenvalue weighted by Gasteiger charge is -2.28. The summed E-state index contributed by atoms with van der Waals surface area (Å²) in [5.74, 6) is 3.97. The molecule has 320 valence electrons. The smallest absolute Gasteiger partial charge is 0.135 e. The summed E-state index contributed by atoms with van der Waals surface area (Å²) < 4.78 is 24.0. The molecule has 0 aliphatic carbocycles. The Morgan fingerprint density at radius 3 is 0.969 bits per heavy atom. The molecule has 0 radical (unpaired) electrons. The fourth-order valence-corrected chi connectivity index (χ4v) is 8.46. The van der Waals surface area contributed by atoms with Crippen molar-refractivity contribution in [3.8, 4) is 23.0 Å². The van der Waals surface area contributed by atoms with Crippen LogP contribution in [0.15, 0.2) is 170 Å². The number of rotatable bonds is 0. The van der Waals surface area contributed by atoms with Crippen molar-refractivity contribution in [2.45, 2.75) is 77.8 Å². The SMILES string of the molecule is CC1(C)C=Cc2c(ccc3ccccc23)O1.CC1(C)C=Cc2c(ccc3ccccc23)O1.CC1(C)C=Cc2ccc3ccccc3c2O1.CC1(C)C=Cc2ccc3ccccc3c2O1. The van der Waals surface area contributed by atoms with Gasteiger partial charge in [0, 0.05) is 33.0 Å². The molecule has 0 spiro atoms. The van der Waals surface area contributed by atoms with Gasteiger partial charge in [0.05, 0.1) is 0 Å². The van der Waals surface area contributed by atoms with Gasteiger partial charge in [-0.1, -0.05) is 158 Å². The molecular formula is C60H56O4. The molecule has 0 fully saturated rings. The molecule has 8 aromatic rings. The van der Waals surface area contributed by atoms with Crippen LogP contribution in [0.4, 0.5) is 0 Å². The van der Waals surface area contributed by atoms with Gasteiger partial charge in [0.25, 0.3) is 0 Å². The molecule has 4 nitrogen and oxygen atoms in total. The number of fused-ring (bicyclic) bond motifs is 12. The third-order valence-corrected chi connectivity index (χ3v) is 11.8. The summed E-state index contributed by atoms with van der Waals surface area (Å²) in [6, 6.07) is 50.3. The Bertz CT molecular complexity index is 2960. The minimum Gasteiger partial charge on any atom is -0.483 e. The third kappa shape index (κ3) is 9.05. The Balaban J connectivity index is 0.000000108. The van der Waals surface area contributed by atoms with E-state index in [1.54, 1.807) is 0 Å². The predicted octanol–water partition coefficient (Wildman–Crippen LogP) is 16.1. The minimum absolute atomic E-state index is 0.199. The van der Waals surface area contributed by atoms with Crippen LogP contribution in [0.3, 0.4) is 0 Å². The van der Waals surface area contributed by atoms with Gasteiger partial charge in [-0.05, 0) is 124 Å². The zero-order chi connectivity index (χ0) is 44.7. The molecule has 0 bridgehead atoms. The topological polar surface area (TPSA) is 36.9 Å². The molecule has 0 aromatic heterocycles. The highest BCUT2D eigenvalue weighted by Crippen LogP contribution is 2.40. The van der Waals surface area contributed by atoms with E-state index in [0.29, 0.717) is 0 Å². The van der Waals surface area contributed by atoms with Crippen LogP contribution in [-0.4, -0.2) is 22.4 Å². The summed E-state index contributed by atoms with van der Waals surface area (Å²) in [6.07, 6.45) is 17.1. The standard InChI is InChI=1S/4C15H14O/c2*1-15(2)10-9-12-8-7-11-5-3-4-6-13(11)14(12)16-15;2*1-15(2)10-9-13-12-6-4-3-5-11(12)7-8-14(13)16-15/h4*3-10H,1-2H3. The van der Waals surface area contributed by atoms with Gasteiger partial charge in [-0.25, -0.2) is 0 Å². The quantitative estimate of drug-likeness (QED) is 0.152. The lowest BCUT2D eigenvalue weighted by Crippen LogP contribution is -2.27. The normalized spacial score (nSPS) is 16.9. The Hall–Kier alpha value is -7.04. The van der Waals surface area contributed by atoms with Gasteiger partial charge in [0.2, 0.25) is 0 Å². The van der Waals surface area contributed by atoms with Crippen LogP contribution in [-0.2, 0) is 0 Å². The maximum absolute atomic E-state index is 6.05. The van der Waals surface area contributed by atoms with Crippen molar-refractivity contribution in [3.63, 3.8) is 0 Å².